The molecule has 7 aromatic carbocycles. The van der Waals surface area contributed by atoms with E-state index in [-0.39, 0.29) is 0 Å². The molecule has 2 aromatic heterocycles. The van der Waals surface area contributed by atoms with E-state index < -0.39 is 0 Å². The minimum Gasteiger partial charge on any atom is -0.456 e. The first-order valence-corrected chi connectivity index (χ1v) is 16.0. The van der Waals surface area contributed by atoms with Gasteiger partial charge in [-0.25, -0.2) is 0 Å². The molecule has 9 aromatic rings. The third-order valence-corrected chi connectivity index (χ3v) is 9.80. The quantitative estimate of drug-likeness (QED) is 0.197. The van der Waals surface area contributed by atoms with Crippen molar-refractivity contribution in [3.63, 3.8) is 0 Å². The van der Waals surface area contributed by atoms with E-state index >= 15 is 0 Å². The van der Waals surface area contributed by atoms with Crippen LogP contribution in [0, 0.1) is 0 Å². The number of nitrogens with zero attached hydrogens (tertiary/aromatic N) is 1. The number of fused-ring (bicyclic) bond motifs is 6. The Hall–Kier alpha value is -5.64. The summed E-state index contributed by atoms with van der Waals surface area (Å²) in [5.41, 5.74) is 9.85. The summed E-state index contributed by atoms with van der Waals surface area (Å²) in [6.45, 7) is 0. The van der Waals surface area contributed by atoms with Gasteiger partial charge in [0.2, 0.25) is 0 Å². The van der Waals surface area contributed by atoms with Gasteiger partial charge in [-0.3, -0.25) is 0 Å². The van der Waals surface area contributed by atoms with E-state index in [0.29, 0.717) is 0 Å². The molecule has 0 saturated carbocycles. The van der Waals surface area contributed by atoms with Crippen LogP contribution in [-0.4, -0.2) is 0 Å². The van der Waals surface area contributed by atoms with Crippen LogP contribution < -0.4 is 4.90 Å². The summed E-state index contributed by atoms with van der Waals surface area (Å²) in [5, 5.41) is 4.85. The third-order valence-electron chi connectivity index (χ3n) is 8.67. The Balaban J connectivity index is 1.34. The van der Waals surface area contributed by atoms with Gasteiger partial charge in [0.15, 0.2) is 0 Å². The highest BCUT2D eigenvalue weighted by molar-refractivity contribution is 7.25. The van der Waals surface area contributed by atoms with Gasteiger partial charge in [0, 0.05) is 47.9 Å². The average Bonchev–Trinajstić information content (AvgIpc) is 3.67. The van der Waals surface area contributed by atoms with Crippen molar-refractivity contribution in [2.24, 2.45) is 0 Å². The molecule has 212 valence electrons. The molecule has 2 heterocycles. The van der Waals surface area contributed by atoms with Gasteiger partial charge in [-0.05, 0) is 71.3 Å². The fourth-order valence-corrected chi connectivity index (χ4v) is 7.77. The topological polar surface area (TPSA) is 16.4 Å². The molecule has 2 nitrogen and oxygen atoms in total. The zero-order valence-electron chi connectivity index (χ0n) is 24.4. The molecule has 0 aliphatic carbocycles. The second-order valence-electron chi connectivity index (χ2n) is 11.3. The predicted octanol–water partition coefficient (Wildman–Crippen LogP) is 12.8. The SMILES string of the molecule is c1ccc(-c2cccc(N(c3ccccc3)c3ccc4c(c3)sc3ccccc34)c2-c2ccc3oc4ccccc4c3c2)cc1. The zero-order valence-corrected chi connectivity index (χ0v) is 25.2. The zero-order chi connectivity index (χ0) is 29.7. The Morgan fingerprint density at radius 1 is 0.422 bits per heavy atom. The van der Waals surface area contributed by atoms with Crippen molar-refractivity contribution in [2.45, 2.75) is 0 Å². The molecule has 0 aliphatic heterocycles. The summed E-state index contributed by atoms with van der Waals surface area (Å²) in [7, 11) is 0. The van der Waals surface area contributed by atoms with Crippen LogP contribution in [0.2, 0.25) is 0 Å². The number of para-hydroxylation sites is 2. The smallest absolute Gasteiger partial charge is 0.135 e. The molecular weight excluding hydrogens is 567 g/mol. The van der Waals surface area contributed by atoms with Crippen LogP contribution in [0.5, 0.6) is 0 Å². The molecule has 45 heavy (non-hydrogen) atoms. The summed E-state index contributed by atoms with van der Waals surface area (Å²) < 4.78 is 8.82. The van der Waals surface area contributed by atoms with Crippen LogP contribution in [0.15, 0.2) is 168 Å². The standard InChI is InChI=1S/C42H27NOS/c1-3-12-28(13-4-1)32-18-11-19-37(42(32)29-22-25-39-36(26-29)33-16-7-9-20-38(33)44-39)43(30-14-5-2-6-15-30)31-23-24-35-34-17-8-10-21-40(34)45-41(35)27-31/h1-27H. The molecular formula is C42H27NOS. The molecule has 0 unspecified atom stereocenters. The maximum absolute atomic E-state index is 6.23. The summed E-state index contributed by atoms with van der Waals surface area (Å²) in [4.78, 5) is 2.41. The molecule has 9 rings (SSSR count). The van der Waals surface area contributed by atoms with Gasteiger partial charge < -0.3 is 9.32 Å². The lowest BCUT2D eigenvalue weighted by Gasteiger charge is -2.29. The molecule has 0 N–H and O–H groups in total. The summed E-state index contributed by atoms with van der Waals surface area (Å²) in [5.74, 6) is 0. The van der Waals surface area contributed by atoms with Crippen molar-refractivity contribution in [1.82, 2.24) is 0 Å². The highest BCUT2D eigenvalue weighted by Crippen LogP contribution is 2.47. The van der Waals surface area contributed by atoms with Crippen LogP contribution in [0.1, 0.15) is 0 Å². The largest absolute Gasteiger partial charge is 0.456 e. The lowest BCUT2D eigenvalue weighted by Crippen LogP contribution is -2.11. The van der Waals surface area contributed by atoms with Crippen molar-refractivity contribution >= 4 is 70.5 Å². The van der Waals surface area contributed by atoms with E-state index in [1.54, 1.807) is 0 Å². The van der Waals surface area contributed by atoms with Crippen LogP contribution in [-0.2, 0) is 0 Å². The summed E-state index contributed by atoms with van der Waals surface area (Å²) >= 11 is 1.85. The monoisotopic (exact) mass is 593 g/mol. The van der Waals surface area contributed by atoms with E-state index in [9.17, 15) is 0 Å². The fourth-order valence-electron chi connectivity index (χ4n) is 6.63. The third kappa shape index (κ3) is 4.32. The first kappa shape index (κ1) is 25.8. The van der Waals surface area contributed by atoms with Crippen molar-refractivity contribution < 1.29 is 4.42 Å². The van der Waals surface area contributed by atoms with E-state index in [0.717, 1.165) is 44.6 Å². The van der Waals surface area contributed by atoms with Gasteiger partial charge in [0.25, 0.3) is 0 Å². The van der Waals surface area contributed by atoms with E-state index in [1.165, 1.54) is 36.9 Å². The molecule has 3 heteroatoms. The van der Waals surface area contributed by atoms with Crippen molar-refractivity contribution in [3.05, 3.63) is 164 Å². The first-order chi connectivity index (χ1) is 22.3. The Labute approximate surface area is 265 Å². The summed E-state index contributed by atoms with van der Waals surface area (Å²) in [6, 6.07) is 58.6. The Morgan fingerprint density at radius 2 is 1.13 bits per heavy atom. The Kier molecular flexibility index (Phi) is 6.03. The van der Waals surface area contributed by atoms with Gasteiger partial charge in [-0.2, -0.15) is 0 Å². The maximum atomic E-state index is 6.23. The predicted molar refractivity (Wildman–Crippen MR) is 192 cm³/mol. The van der Waals surface area contributed by atoms with Gasteiger partial charge in [0.05, 0.1) is 5.69 Å². The Morgan fingerprint density at radius 3 is 2.00 bits per heavy atom. The molecule has 0 amide bonds. The number of anilines is 3. The second kappa shape index (κ2) is 10.5. The van der Waals surface area contributed by atoms with Gasteiger partial charge in [-0.1, -0.05) is 109 Å². The van der Waals surface area contributed by atoms with Crippen LogP contribution in [0.4, 0.5) is 17.1 Å². The maximum Gasteiger partial charge on any atom is 0.135 e. The fraction of sp³-hybridized carbons (Fsp3) is 0. The van der Waals surface area contributed by atoms with E-state index in [1.807, 2.05) is 23.5 Å². The van der Waals surface area contributed by atoms with Crippen LogP contribution in [0.25, 0.3) is 64.4 Å². The lowest BCUT2D eigenvalue weighted by molar-refractivity contribution is 0.669. The summed E-state index contributed by atoms with van der Waals surface area (Å²) in [6.07, 6.45) is 0. The van der Waals surface area contributed by atoms with Gasteiger partial charge >= 0.3 is 0 Å². The van der Waals surface area contributed by atoms with Gasteiger partial charge in [-0.15, -0.1) is 11.3 Å². The highest BCUT2D eigenvalue weighted by atomic mass is 32.1. The van der Waals surface area contributed by atoms with Crippen LogP contribution >= 0.6 is 11.3 Å². The highest BCUT2D eigenvalue weighted by Gasteiger charge is 2.22. The van der Waals surface area contributed by atoms with Crippen molar-refractivity contribution in [1.29, 1.82) is 0 Å². The van der Waals surface area contributed by atoms with E-state index in [2.05, 4.69) is 157 Å². The number of hydrogen-bond donors (Lipinski definition) is 0. The van der Waals surface area contributed by atoms with Crippen molar-refractivity contribution in [2.75, 3.05) is 4.90 Å². The average molecular weight is 594 g/mol. The Bertz CT molecular complexity index is 2490. The minimum atomic E-state index is 0.897. The first-order valence-electron chi connectivity index (χ1n) is 15.2. The molecule has 0 bridgehead atoms. The lowest BCUT2D eigenvalue weighted by atomic mass is 9.91. The molecule has 0 atom stereocenters. The van der Waals surface area contributed by atoms with Crippen molar-refractivity contribution in [3.8, 4) is 22.3 Å². The van der Waals surface area contributed by atoms with Gasteiger partial charge in [0.1, 0.15) is 11.2 Å². The normalized spacial score (nSPS) is 11.6. The number of hydrogen-bond acceptors (Lipinski definition) is 3. The number of benzene rings is 7. The molecule has 0 fully saturated rings. The number of rotatable bonds is 5. The number of thiophene rings is 1. The van der Waals surface area contributed by atoms with Crippen LogP contribution in [0.3, 0.4) is 0 Å². The molecule has 0 radical (unpaired) electrons. The van der Waals surface area contributed by atoms with E-state index in [4.69, 9.17) is 4.42 Å². The second-order valence-corrected chi connectivity index (χ2v) is 12.4. The molecule has 0 saturated heterocycles. The molecule has 0 spiro atoms. The minimum absolute atomic E-state index is 0.897. The number of furan rings is 1. The molecule has 0 aliphatic rings.